The third-order valence-corrected chi connectivity index (χ3v) is 4.06. The highest BCUT2D eigenvalue weighted by Gasteiger charge is 2.15. The van der Waals surface area contributed by atoms with E-state index >= 15 is 0 Å². The van der Waals surface area contributed by atoms with Crippen LogP contribution in [0.4, 0.5) is 16.0 Å². The number of rotatable bonds is 4. The lowest BCUT2D eigenvalue weighted by Crippen LogP contribution is -2.04. The average molecular weight is 376 g/mol. The summed E-state index contributed by atoms with van der Waals surface area (Å²) in [6.45, 7) is 0.252. The Morgan fingerprint density at radius 1 is 1.23 bits per heavy atom. The van der Waals surface area contributed by atoms with Crippen LogP contribution in [0, 0.1) is 5.82 Å². The Morgan fingerprint density at radius 2 is 2.12 bits per heavy atom. The van der Waals surface area contributed by atoms with Gasteiger partial charge in [0.2, 0.25) is 0 Å². The number of halogens is 2. The molecule has 136 valence electrons. The molecule has 26 heavy (non-hydrogen) atoms. The Hall–Kier alpha value is -3.26. The van der Waals surface area contributed by atoms with E-state index in [9.17, 15) is 4.39 Å². The van der Waals surface area contributed by atoms with Crippen LogP contribution in [0.5, 0.6) is 0 Å². The Kier molecular flexibility index (Phi) is 4.10. The van der Waals surface area contributed by atoms with E-state index in [2.05, 4.69) is 25.4 Å². The molecular formula is C17H19ClFN7. The summed E-state index contributed by atoms with van der Waals surface area (Å²) in [7, 11) is 0. The average Bonchev–Trinajstić information content (AvgIpc) is 2.97. The van der Waals surface area contributed by atoms with E-state index < -0.39 is 0 Å². The first-order valence-electron chi connectivity index (χ1n) is 7.71. The molecule has 9 heteroatoms. The van der Waals surface area contributed by atoms with Crippen molar-refractivity contribution >= 4 is 28.9 Å². The zero-order valence-electron chi connectivity index (χ0n) is 13.4. The maximum absolute atomic E-state index is 13.9. The van der Waals surface area contributed by atoms with Crippen LogP contribution in [0.2, 0.25) is 5.02 Å². The summed E-state index contributed by atoms with van der Waals surface area (Å²) in [5.74, 6) is 0.464. The van der Waals surface area contributed by atoms with Gasteiger partial charge in [-0.25, -0.2) is 23.9 Å². The summed E-state index contributed by atoms with van der Waals surface area (Å²) in [5, 5.41) is 7.64. The molecule has 0 spiro atoms. The van der Waals surface area contributed by atoms with Gasteiger partial charge >= 0.3 is 0 Å². The van der Waals surface area contributed by atoms with Gasteiger partial charge in [0.1, 0.15) is 18.0 Å². The molecular weight excluding hydrogens is 357 g/mol. The van der Waals surface area contributed by atoms with Gasteiger partial charge in [0.25, 0.3) is 0 Å². The van der Waals surface area contributed by atoms with E-state index in [-0.39, 0.29) is 16.6 Å². The number of nitrogens with one attached hydrogen (secondary N) is 1. The van der Waals surface area contributed by atoms with Crippen LogP contribution in [-0.4, -0.2) is 24.6 Å². The standard InChI is InChI=1S/C17H13ClFN7.3H2/c18-11-3-2-10(12(19)6-11)8-22-14-7-13(23-9-24-14)15-16(20)25-26-5-1-4-21-17(15)26;;;/h1-7,9H,8H2,(H2,20,25)(H,22,23,24);3*1H. The predicted octanol–water partition coefficient (Wildman–Crippen LogP) is 3.91. The molecule has 0 atom stereocenters. The quantitative estimate of drug-likeness (QED) is 0.561. The van der Waals surface area contributed by atoms with Crippen molar-refractivity contribution in [3.05, 3.63) is 65.5 Å². The number of nitrogens with two attached hydrogens (primary N) is 1. The Bertz CT molecular complexity index is 1110. The highest BCUT2D eigenvalue weighted by atomic mass is 35.5. The van der Waals surface area contributed by atoms with Crippen LogP contribution in [0.25, 0.3) is 16.9 Å². The molecule has 3 aromatic heterocycles. The van der Waals surface area contributed by atoms with Gasteiger partial charge in [-0.05, 0) is 18.2 Å². The zero-order chi connectivity index (χ0) is 18.1. The predicted molar refractivity (Wildman–Crippen MR) is 104 cm³/mol. The Morgan fingerprint density at radius 3 is 2.96 bits per heavy atom. The van der Waals surface area contributed by atoms with Crippen LogP contribution >= 0.6 is 11.6 Å². The molecule has 0 aliphatic heterocycles. The van der Waals surface area contributed by atoms with Crippen LogP contribution < -0.4 is 11.1 Å². The number of hydrogen-bond donors (Lipinski definition) is 2. The van der Waals surface area contributed by atoms with Crippen molar-refractivity contribution in [2.75, 3.05) is 11.1 Å². The fourth-order valence-electron chi connectivity index (χ4n) is 2.59. The molecule has 0 saturated heterocycles. The topological polar surface area (TPSA) is 94.0 Å². The minimum Gasteiger partial charge on any atom is -0.382 e. The summed E-state index contributed by atoms with van der Waals surface area (Å²) < 4.78 is 15.5. The molecule has 0 aliphatic rings. The number of benzene rings is 1. The van der Waals surface area contributed by atoms with E-state index in [1.54, 1.807) is 41.2 Å². The summed E-state index contributed by atoms with van der Waals surface area (Å²) >= 11 is 5.77. The summed E-state index contributed by atoms with van der Waals surface area (Å²) in [5.41, 5.74) is 8.29. The number of nitrogens with zero attached hydrogens (tertiary/aromatic N) is 5. The van der Waals surface area contributed by atoms with Crippen molar-refractivity contribution in [2.45, 2.75) is 6.54 Å². The monoisotopic (exact) mass is 375 g/mol. The maximum Gasteiger partial charge on any atom is 0.166 e. The van der Waals surface area contributed by atoms with Crippen molar-refractivity contribution in [1.29, 1.82) is 0 Å². The molecule has 0 amide bonds. The second-order valence-corrected chi connectivity index (χ2v) is 5.96. The van der Waals surface area contributed by atoms with Crippen LogP contribution in [-0.2, 0) is 6.54 Å². The van der Waals surface area contributed by atoms with Gasteiger partial charge in [0.15, 0.2) is 11.5 Å². The first-order valence-corrected chi connectivity index (χ1v) is 8.08. The molecule has 0 radical (unpaired) electrons. The Labute approximate surface area is 157 Å². The molecule has 7 nitrogen and oxygen atoms in total. The normalized spacial score (nSPS) is 11.0. The first kappa shape index (κ1) is 16.2. The number of anilines is 2. The molecule has 1 aromatic carbocycles. The van der Waals surface area contributed by atoms with Gasteiger partial charge < -0.3 is 11.1 Å². The van der Waals surface area contributed by atoms with E-state index in [0.717, 1.165) is 0 Å². The van der Waals surface area contributed by atoms with Gasteiger partial charge in [-0.15, -0.1) is 5.10 Å². The molecule has 4 aromatic rings. The smallest absolute Gasteiger partial charge is 0.166 e. The van der Waals surface area contributed by atoms with E-state index in [1.807, 2.05) is 0 Å². The van der Waals surface area contributed by atoms with Gasteiger partial charge in [-0.3, -0.25) is 0 Å². The lowest BCUT2D eigenvalue weighted by atomic mass is 10.2. The molecule has 4 rings (SSSR count). The largest absolute Gasteiger partial charge is 0.382 e. The fraction of sp³-hybridized carbons (Fsp3) is 0.0588. The molecule has 0 aliphatic carbocycles. The lowest BCUT2D eigenvalue weighted by molar-refractivity contribution is 0.613. The van der Waals surface area contributed by atoms with Crippen molar-refractivity contribution in [2.24, 2.45) is 0 Å². The maximum atomic E-state index is 13.9. The van der Waals surface area contributed by atoms with E-state index in [1.165, 1.54) is 12.4 Å². The lowest BCUT2D eigenvalue weighted by Gasteiger charge is -2.08. The number of aromatic nitrogens is 5. The second-order valence-electron chi connectivity index (χ2n) is 5.53. The fourth-order valence-corrected chi connectivity index (χ4v) is 2.75. The number of fused-ring (bicyclic) bond motifs is 1. The molecule has 0 fully saturated rings. The summed E-state index contributed by atoms with van der Waals surface area (Å²) in [6.07, 6.45) is 4.82. The SMILES string of the molecule is Nc1nn2cccnc2c1-c1cc(NCc2ccc(Cl)cc2F)ncn1.[HH].[HH].[HH]. The number of nitrogen functional groups attached to an aromatic ring is 1. The molecule has 0 unspecified atom stereocenters. The zero-order valence-corrected chi connectivity index (χ0v) is 14.2. The Balaban J connectivity index is 0.00000140. The minimum absolute atomic E-state index is 0. The highest BCUT2D eigenvalue weighted by molar-refractivity contribution is 6.30. The van der Waals surface area contributed by atoms with Gasteiger partial charge in [-0.1, -0.05) is 17.7 Å². The van der Waals surface area contributed by atoms with Crippen molar-refractivity contribution in [1.82, 2.24) is 24.6 Å². The van der Waals surface area contributed by atoms with Crippen molar-refractivity contribution in [3.8, 4) is 11.3 Å². The van der Waals surface area contributed by atoms with Crippen LogP contribution in [0.1, 0.15) is 9.84 Å². The third-order valence-electron chi connectivity index (χ3n) is 3.82. The molecule has 3 N–H and O–H groups in total. The molecule has 0 bridgehead atoms. The van der Waals surface area contributed by atoms with Gasteiger partial charge in [0.05, 0.1) is 11.3 Å². The second kappa shape index (κ2) is 6.57. The molecule has 0 saturated carbocycles. The number of hydrogen-bond acceptors (Lipinski definition) is 6. The van der Waals surface area contributed by atoms with Gasteiger partial charge in [-0.2, -0.15) is 0 Å². The van der Waals surface area contributed by atoms with Crippen molar-refractivity contribution < 1.29 is 8.67 Å². The third kappa shape index (κ3) is 3.02. The molecule has 3 heterocycles. The highest BCUT2D eigenvalue weighted by Crippen LogP contribution is 2.28. The summed E-state index contributed by atoms with van der Waals surface area (Å²) in [6, 6.07) is 8.01. The first-order chi connectivity index (χ1) is 12.6. The van der Waals surface area contributed by atoms with Crippen LogP contribution in [0.3, 0.4) is 0 Å². The van der Waals surface area contributed by atoms with Gasteiger partial charge in [0, 0.05) is 39.9 Å². The summed E-state index contributed by atoms with van der Waals surface area (Å²) in [4.78, 5) is 12.7. The van der Waals surface area contributed by atoms with Crippen molar-refractivity contribution in [3.63, 3.8) is 0 Å². The minimum atomic E-state index is -0.379. The van der Waals surface area contributed by atoms with E-state index in [4.69, 9.17) is 17.3 Å². The van der Waals surface area contributed by atoms with Crippen LogP contribution in [0.15, 0.2) is 49.1 Å². The van der Waals surface area contributed by atoms with E-state index in [0.29, 0.717) is 39.1 Å².